The summed E-state index contributed by atoms with van der Waals surface area (Å²) < 4.78 is 0. The summed E-state index contributed by atoms with van der Waals surface area (Å²) in [6.45, 7) is 1.83. The maximum absolute atomic E-state index is 10.5. The van der Waals surface area contributed by atoms with Crippen LogP contribution in [0.4, 0.5) is 4.79 Å². The lowest BCUT2D eigenvalue weighted by atomic mass is 10.2. The Labute approximate surface area is 70.8 Å². The second kappa shape index (κ2) is 3.71. The van der Waals surface area contributed by atoms with E-state index in [-0.39, 0.29) is 6.04 Å². The van der Waals surface area contributed by atoms with Gasteiger partial charge in [0, 0.05) is 6.20 Å². The predicted octanol–water partition coefficient (Wildman–Crippen LogP) is 0.811. The molecule has 0 fully saturated rings. The normalized spacial score (nSPS) is 12.1. The summed E-state index contributed by atoms with van der Waals surface area (Å²) >= 11 is 0. The smallest absolute Gasteiger partial charge is 0.312 e. The average Bonchev–Trinajstić information content (AvgIpc) is 2.05. The first-order chi connectivity index (χ1) is 5.70. The molecule has 0 bridgehead atoms. The van der Waals surface area contributed by atoms with Gasteiger partial charge in [0.05, 0.1) is 11.7 Å². The van der Waals surface area contributed by atoms with E-state index < -0.39 is 6.03 Å². The summed E-state index contributed by atoms with van der Waals surface area (Å²) in [6, 6.07) is 4.85. The number of hydrogen-bond donors (Lipinski definition) is 2. The fraction of sp³-hybridized carbons (Fsp3) is 0.250. The summed E-state index contributed by atoms with van der Waals surface area (Å²) in [5.41, 5.74) is 5.76. The van der Waals surface area contributed by atoms with Crippen molar-refractivity contribution >= 4 is 6.03 Å². The lowest BCUT2D eigenvalue weighted by molar-refractivity contribution is 0.246. The Hall–Kier alpha value is -1.58. The van der Waals surface area contributed by atoms with E-state index >= 15 is 0 Å². The van der Waals surface area contributed by atoms with Crippen LogP contribution in [0, 0.1) is 0 Å². The lowest BCUT2D eigenvalue weighted by Gasteiger charge is -2.10. The van der Waals surface area contributed by atoms with Gasteiger partial charge in [-0.25, -0.2) is 4.79 Å². The van der Waals surface area contributed by atoms with E-state index in [1.54, 1.807) is 6.20 Å². The third-order valence-electron chi connectivity index (χ3n) is 1.49. The maximum Gasteiger partial charge on any atom is 0.312 e. The van der Waals surface area contributed by atoms with Crippen LogP contribution in [0.2, 0.25) is 0 Å². The first kappa shape index (κ1) is 8.52. The molecule has 0 aliphatic heterocycles. The van der Waals surface area contributed by atoms with Gasteiger partial charge < -0.3 is 11.1 Å². The topological polar surface area (TPSA) is 68.0 Å². The molecule has 0 saturated heterocycles. The second-order valence-corrected chi connectivity index (χ2v) is 2.48. The molecular formula is C8H11N3O. The standard InChI is InChI=1S/C8H11N3O/c1-6(11-8(9)12)7-4-2-3-5-10-7/h2-6H,1H3,(H3,9,11,12)/t6-/m0/s1. The average molecular weight is 165 g/mol. The number of aromatic nitrogens is 1. The lowest BCUT2D eigenvalue weighted by Crippen LogP contribution is -2.32. The minimum atomic E-state index is -0.534. The molecule has 4 heteroatoms. The van der Waals surface area contributed by atoms with E-state index in [1.807, 2.05) is 25.1 Å². The molecule has 0 aliphatic rings. The van der Waals surface area contributed by atoms with Crippen molar-refractivity contribution in [2.24, 2.45) is 5.73 Å². The van der Waals surface area contributed by atoms with Gasteiger partial charge in [0.1, 0.15) is 0 Å². The Bertz CT molecular complexity index is 260. The van der Waals surface area contributed by atoms with Gasteiger partial charge >= 0.3 is 6.03 Å². The highest BCUT2D eigenvalue weighted by atomic mass is 16.2. The summed E-state index contributed by atoms with van der Waals surface area (Å²) in [4.78, 5) is 14.5. The summed E-state index contributed by atoms with van der Waals surface area (Å²) in [7, 11) is 0. The zero-order chi connectivity index (χ0) is 8.97. The highest BCUT2D eigenvalue weighted by Gasteiger charge is 2.06. The highest BCUT2D eigenvalue weighted by molar-refractivity contribution is 5.72. The van der Waals surface area contributed by atoms with Crippen molar-refractivity contribution in [2.45, 2.75) is 13.0 Å². The molecule has 0 spiro atoms. The van der Waals surface area contributed by atoms with Crippen molar-refractivity contribution in [2.75, 3.05) is 0 Å². The zero-order valence-electron chi connectivity index (χ0n) is 6.82. The van der Waals surface area contributed by atoms with Gasteiger partial charge in [-0.2, -0.15) is 0 Å². The molecule has 12 heavy (non-hydrogen) atoms. The SMILES string of the molecule is C[C@H](NC(N)=O)c1ccccn1. The fourth-order valence-electron chi connectivity index (χ4n) is 0.919. The van der Waals surface area contributed by atoms with Crippen molar-refractivity contribution in [1.82, 2.24) is 10.3 Å². The quantitative estimate of drug-likeness (QED) is 0.681. The van der Waals surface area contributed by atoms with E-state index in [1.165, 1.54) is 0 Å². The van der Waals surface area contributed by atoms with Crippen molar-refractivity contribution in [1.29, 1.82) is 0 Å². The van der Waals surface area contributed by atoms with Crippen LogP contribution in [0.25, 0.3) is 0 Å². The number of nitrogens with two attached hydrogens (primary N) is 1. The van der Waals surface area contributed by atoms with E-state index in [9.17, 15) is 4.79 Å². The molecule has 1 aromatic heterocycles. The zero-order valence-corrected chi connectivity index (χ0v) is 6.82. The fourth-order valence-corrected chi connectivity index (χ4v) is 0.919. The van der Waals surface area contributed by atoms with Crippen molar-refractivity contribution < 1.29 is 4.79 Å². The van der Waals surface area contributed by atoms with Crippen LogP contribution in [0.15, 0.2) is 24.4 Å². The van der Waals surface area contributed by atoms with E-state index in [0.717, 1.165) is 5.69 Å². The number of nitrogens with zero attached hydrogens (tertiary/aromatic N) is 1. The van der Waals surface area contributed by atoms with Crippen molar-refractivity contribution in [3.63, 3.8) is 0 Å². The molecule has 0 unspecified atom stereocenters. The summed E-state index contributed by atoms with van der Waals surface area (Å²) in [5, 5.41) is 2.54. The van der Waals surface area contributed by atoms with Gasteiger partial charge in [-0.3, -0.25) is 4.98 Å². The molecule has 1 rings (SSSR count). The number of primary amides is 1. The third kappa shape index (κ3) is 2.23. The van der Waals surface area contributed by atoms with E-state index in [0.29, 0.717) is 0 Å². The third-order valence-corrected chi connectivity index (χ3v) is 1.49. The van der Waals surface area contributed by atoms with Crippen molar-refractivity contribution in [3.8, 4) is 0 Å². The Morgan fingerprint density at radius 3 is 2.92 bits per heavy atom. The van der Waals surface area contributed by atoms with Gasteiger partial charge in [0.15, 0.2) is 0 Å². The molecule has 0 aliphatic carbocycles. The minimum absolute atomic E-state index is 0.135. The molecule has 4 nitrogen and oxygen atoms in total. The Morgan fingerprint density at radius 1 is 1.67 bits per heavy atom. The van der Waals surface area contributed by atoms with Crippen molar-refractivity contribution in [3.05, 3.63) is 30.1 Å². The molecule has 1 heterocycles. The number of rotatable bonds is 2. The van der Waals surface area contributed by atoms with Gasteiger partial charge in [0.2, 0.25) is 0 Å². The molecule has 0 radical (unpaired) electrons. The molecule has 0 aromatic carbocycles. The largest absolute Gasteiger partial charge is 0.352 e. The van der Waals surface area contributed by atoms with E-state index in [2.05, 4.69) is 10.3 Å². The Morgan fingerprint density at radius 2 is 2.42 bits per heavy atom. The first-order valence-electron chi connectivity index (χ1n) is 3.67. The first-order valence-corrected chi connectivity index (χ1v) is 3.67. The van der Waals surface area contributed by atoms with Crippen LogP contribution in [0.3, 0.4) is 0 Å². The maximum atomic E-state index is 10.5. The van der Waals surface area contributed by atoms with Gasteiger partial charge in [0.25, 0.3) is 0 Å². The number of carbonyl (C=O) groups is 1. The molecule has 1 atom stereocenters. The van der Waals surface area contributed by atoms with Crippen LogP contribution in [-0.4, -0.2) is 11.0 Å². The number of hydrogen-bond acceptors (Lipinski definition) is 2. The predicted molar refractivity (Wildman–Crippen MR) is 45.4 cm³/mol. The Balaban J connectivity index is 2.65. The van der Waals surface area contributed by atoms with Crippen LogP contribution in [-0.2, 0) is 0 Å². The molecule has 64 valence electrons. The van der Waals surface area contributed by atoms with Gasteiger partial charge in [-0.15, -0.1) is 0 Å². The van der Waals surface area contributed by atoms with Gasteiger partial charge in [-0.1, -0.05) is 6.07 Å². The summed E-state index contributed by atoms with van der Waals surface area (Å²) in [6.07, 6.45) is 1.68. The Kier molecular flexibility index (Phi) is 2.63. The number of pyridine rings is 1. The monoisotopic (exact) mass is 165 g/mol. The molecular weight excluding hydrogens is 154 g/mol. The van der Waals surface area contributed by atoms with Crippen LogP contribution >= 0.6 is 0 Å². The summed E-state index contributed by atoms with van der Waals surface area (Å²) in [5.74, 6) is 0. The number of amides is 2. The van der Waals surface area contributed by atoms with E-state index in [4.69, 9.17) is 5.73 Å². The molecule has 1 aromatic rings. The van der Waals surface area contributed by atoms with Crippen LogP contribution in [0.1, 0.15) is 18.7 Å². The number of nitrogens with one attached hydrogen (secondary N) is 1. The second-order valence-electron chi connectivity index (χ2n) is 2.48. The van der Waals surface area contributed by atoms with Gasteiger partial charge in [-0.05, 0) is 19.1 Å². The van der Waals surface area contributed by atoms with Crippen LogP contribution < -0.4 is 11.1 Å². The molecule has 0 saturated carbocycles. The molecule has 3 N–H and O–H groups in total. The number of carbonyl (C=O) groups excluding carboxylic acids is 1. The highest BCUT2D eigenvalue weighted by Crippen LogP contribution is 2.06. The number of urea groups is 1. The minimum Gasteiger partial charge on any atom is -0.352 e. The molecule has 2 amide bonds. The van der Waals surface area contributed by atoms with Crippen LogP contribution in [0.5, 0.6) is 0 Å².